The topological polar surface area (TPSA) is 120 Å². The van der Waals surface area contributed by atoms with Crippen molar-refractivity contribution < 1.29 is 28.2 Å². The molecule has 4 heterocycles. The Morgan fingerprint density at radius 2 is 1.77 bits per heavy atom. The highest BCUT2D eigenvalue weighted by molar-refractivity contribution is 7.98. The summed E-state index contributed by atoms with van der Waals surface area (Å²) in [5.41, 5.74) is 1.14. The van der Waals surface area contributed by atoms with Crippen molar-refractivity contribution in [3.63, 3.8) is 0 Å². The highest BCUT2D eigenvalue weighted by Crippen LogP contribution is 2.36. The summed E-state index contributed by atoms with van der Waals surface area (Å²) in [6, 6.07) is 8.88. The van der Waals surface area contributed by atoms with Crippen molar-refractivity contribution in [2.24, 2.45) is 0 Å². The van der Waals surface area contributed by atoms with E-state index >= 15 is 0 Å². The van der Waals surface area contributed by atoms with Crippen LogP contribution in [0.15, 0.2) is 44.8 Å². The Hall–Kier alpha value is -3.77. The van der Waals surface area contributed by atoms with E-state index in [0.29, 0.717) is 76.1 Å². The van der Waals surface area contributed by atoms with Crippen molar-refractivity contribution in [2.45, 2.75) is 23.9 Å². The van der Waals surface area contributed by atoms with Gasteiger partial charge < -0.3 is 28.2 Å². The lowest BCUT2D eigenvalue weighted by molar-refractivity contribution is 0.173. The lowest BCUT2D eigenvalue weighted by atomic mass is 10.2. The van der Waals surface area contributed by atoms with E-state index in [2.05, 4.69) is 10.1 Å². The molecule has 0 atom stereocenters. The van der Waals surface area contributed by atoms with Crippen molar-refractivity contribution in [1.82, 2.24) is 19.7 Å². The van der Waals surface area contributed by atoms with Gasteiger partial charge in [0.1, 0.15) is 0 Å². The van der Waals surface area contributed by atoms with Crippen molar-refractivity contribution in [2.75, 3.05) is 27.3 Å². The molecule has 0 bridgehead atoms. The quantitative estimate of drug-likeness (QED) is 0.203. The Bertz CT molecular complexity index is 1470. The monoisotopic (exact) mass is 496 g/mol. The Morgan fingerprint density at radius 1 is 1.00 bits per heavy atom. The predicted octanol–water partition coefficient (Wildman–Crippen LogP) is 3.23. The Morgan fingerprint density at radius 3 is 2.60 bits per heavy atom. The molecule has 0 saturated carbocycles. The van der Waals surface area contributed by atoms with Crippen molar-refractivity contribution >= 4 is 22.7 Å². The minimum atomic E-state index is -0.154. The molecule has 0 unspecified atom stereocenters. The molecule has 0 aliphatic carbocycles. The van der Waals surface area contributed by atoms with E-state index in [-0.39, 0.29) is 19.1 Å². The molecule has 0 amide bonds. The molecule has 0 saturated heterocycles. The maximum Gasteiger partial charge on any atom is 0.262 e. The van der Waals surface area contributed by atoms with Crippen LogP contribution in [0.3, 0.4) is 0 Å². The molecule has 180 valence electrons. The fourth-order valence-corrected chi connectivity index (χ4v) is 4.72. The zero-order valence-corrected chi connectivity index (χ0v) is 19.5. The molecule has 2 aliphatic rings. The largest absolute Gasteiger partial charge is 0.454 e. The van der Waals surface area contributed by atoms with Gasteiger partial charge in [0.2, 0.25) is 25.3 Å². The molecular formula is C23H20N4O7S. The SMILES string of the molecule is COCCCn1c(SCc2nc(-c3ccc4c(c3)OCO4)no2)nc2cc3c(cc2c1=O)OCO3. The first-order valence-corrected chi connectivity index (χ1v) is 11.9. The lowest BCUT2D eigenvalue weighted by Gasteiger charge is -2.12. The number of thioether (sulfide) groups is 1. The summed E-state index contributed by atoms with van der Waals surface area (Å²) in [4.78, 5) is 22.6. The van der Waals surface area contributed by atoms with Gasteiger partial charge in [0.25, 0.3) is 5.56 Å². The Labute approximate surface area is 202 Å². The van der Waals surface area contributed by atoms with Gasteiger partial charge in [0.15, 0.2) is 28.2 Å². The molecule has 2 aromatic heterocycles. The number of methoxy groups -OCH3 is 1. The molecular weight excluding hydrogens is 476 g/mol. The van der Waals surface area contributed by atoms with E-state index < -0.39 is 0 Å². The minimum Gasteiger partial charge on any atom is -0.454 e. The molecule has 0 fully saturated rings. The summed E-state index contributed by atoms with van der Waals surface area (Å²) in [7, 11) is 1.63. The third-order valence-corrected chi connectivity index (χ3v) is 6.53. The van der Waals surface area contributed by atoms with E-state index in [4.69, 9.17) is 33.2 Å². The van der Waals surface area contributed by atoms with Crippen LogP contribution in [-0.4, -0.2) is 47.0 Å². The fourth-order valence-electron chi connectivity index (χ4n) is 3.86. The third kappa shape index (κ3) is 4.15. The second kappa shape index (κ2) is 9.12. The normalized spacial score (nSPS) is 13.6. The van der Waals surface area contributed by atoms with Crippen LogP contribution < -0.4 is 24.5 Å². The van der Waals surface area contributed by atoms with Crippen LogP contribution in [0.1, 0.15) is 12.3 Å². The van der Waals surface area contributed by atoms with Gasteiger partial charge in [-0.2, -0.15) is 4.98 Å². The number of hydrogen-bond donors (Lipinski definition) is 0. The second-order valence-electron chi connectivity index (χ2n) is 7.79. The van der Waals surface area contributed by atoms with Crippen LogP contribution in [0.2, 0.25) is 0 Å². The molecule has 4 aromatic rings. The lowest BCUT2D eigenvalue weighted by Crippen LogP contribution is -2.24. The highest BCUT2D eigenvalue weighted by atomic mass is 32.2. The number of aromatic nitrogens is 4. The van der Waals surface area contributed by atoms with Gasteiger partial charge in [-0.1, -0.05) is 16.9 Å². The van der Waals surface area contributed by atoms with Gasteiger partial charge in [0, 0.05) is 31.9 Å². The summed E-state index contributed by atoms with van der Waals surface area (Å²) in [5, 5.41) is 5.10. The standard InChI is InChI=1S/C23H20N4O7S/c1-29-6-2-5-27-22(28)14-8-18-19(33-12-32-18)9-15(14)24-23(27)35-10-20-25-21(26-34-20)13-3-4-16-17(7-13)31-11-30-16/h3-4,7-9H,2,5-6,10-12H2,1H3. The highest BCUT2D eigenvalue weighted by Gasteiger charge is 2.20. The number of hydrogen-bond acceptors (Lipinski definition) is 11. The summed E-state index contributed by atoms with van der Waals surface area (Å²) in [6.07, 6.45) is 0.663. The minimum absolute atomic E-state index is 0.123. The number of fused-ring (bicyclic) bond motifs is 3. The van der Waals surface area contributed by atoms with Crippen LogP contribution in [0.4, 0.5) is 0 Å². The molecule has 0 radical (unpaired) electrons. The number of benzene rings is 2. The van der Waals surface area contributed by atoms with E-state index in [9.17, 15) is 4.79 Å². The Kier molecular flexibility index (Phi) is 5.66. The van der Waals surface area contributed by atoms with Crippen LogP contribution >= 0.6 is 11.8 Å². The average molecular weight is 497 g/mol. The fraction of sp³-hybridized carbons (Fsp3) is 0.304. The van der Waals surface area contributed by atoms with E-state index in [1.54, 1.807) is 23.8 Å². The average Bonchev–Trinajstić information content (AvgIpc) is 3.63. The van der Waals surface area contributed by atoms with Crippen molar-refractivity contribution in [1.29, 1.82) is 0 Å². The van der Waals surface area contributed by atoms with Gasteiger partial charge >= 0.3 is 0 Å². The molecule has 12 heteroatoms. The first-order valence-electron chi connectivity index (χ1n) is 10.9. The predicted molar refractivity (Wildman–Crippen MR) is 124 cm³/mol. The number of rotatable bonds is 8. The van der Waals surface area contributed by atoms with Crippen LogP contribution in [-0.2, 0) is 17.0 Å². The zero-order valence-electron chi connectivity index (χ0n) is 18.7. The van der Waals surface area contributed by atoms with E-state index in [1.165, 1.54) is 11.8 Å². The molecule has 2 aromatic carbocycles. The first kappa shape index (κ1) is 21.7. The third-order valence-electron chi connectivity index (χ3n) is 5.57. The van der Waals surface area contributed by atoms with Gasteiger partial charge in [0.05, 0.1) is 16.7 Å². The van der Waals surface area contributed by atoms with E-state index in [1.807, 2.05) is 18.2 Å². The molecule has 2 aliphatic heterocycles. The molecule has 0 N–H and O–H groups in total. The second-order valence-corrected chi connectivity index (χ2v) is 8.73. The molecule has 11 nitrogen and oxygen atoms in total. The van der Waals surface area contributed by atoms with Gasteiger partial charge in [-0.25, -0.2) is 4.98 Å². The molecule has 35 heavy (non-hydrogen) atoms. The van der Waals surface area contributed by atoms with Crippen molar-refractivity contribution in [3.8, 4) is 34.4 Å². The molecule has 0 spiro atoms. The van der Waals surface area contributed by atoms with Crippen LogP contribution in [0.5, 0.6) is 23.0 Å². The number of nitrogens with zero attached hydrogens (tertiary/aromatic N) is 4. The molecule has 6 rings (SSSR count). The Balaban J connectivity index is 1.28. The summed E-state index contributed by atoms with van der Waals surface area (Å²) >= 11 is 1.35. The first-order chi connectivity index (χ1) is 17.2. The smallest absolute Gasteiger partial charge is 0.262 e. The van der Waals surface area contributed by atoms with Crippen molar-refractivity contribution in [3.05, 3.63) is 46.6 Å². The summed E-state index contributed by atoms with van der Waals surface area (Å²) < 4.78 is 33.9. The summed E-state index contributed by atoms with van der Waals surface area (Å²) in [6.45, 7) is 1.30. The van der Waals surface area contributed by atoms with E-state index in [0.717, 1.165) is 5.56 Å². The maximum atomic E-state index is 13.3. The zero-order chi connectivity index (χ0) is 23.8. The van der Waals surface area contributed by atoms with Gasteiger partial charge in [-0.15, -0.1) is 0 Å². The van der Waals surface area contributed by atoms with Gasteiger partial charge in [-0.3, -0.25) is 9.36 Å². The maximum absolute atomic E-state index is 13.3. The number of ether oxygens (including phenoxy) is 5. The van der Waals surface area contributed by atoms with Crippen LogP contribution in [0.25, 0.3) is 22.3 Å². The summed E-state index contributed by atoms with van der Waals surface area (Å²) in [5.74, 6) is 3.63. The van der Waals surface area contributed by atoms with Gasteiger partial charge in [-0.05, 0) is 30.7 Å². The van der Waals surface area contributed by atoms with Crippen LogP contribution in [0, 0.1) is 0 Å².